The van der Waals surface area contributed by atoms with Gasteiger partial charge < -0.3 is 10.1 Å². The molecule has 0 spiro atoms. The van der Waals surface area contributed by atoms with E-state index in [9.17, 15) is 4.79 Å². The van der Waals surface area contributed by atoms with E-state index in [4.69, 9.17) is 4.74 Å². The molecular formula is C18H24N6O2S. The standard InChI is InChI=1S/C18H24N6O2S/c25-17(21-18-23-22-16(27-18)13-4-3-5-13)20-12-15(14-6-1-2-7-19-14)24-8-10-26-11-9-24/h1-2,6-7,13,15H,3-5,8-12H2,(H2,20,21,23,25). The highest BCUT2D eigenvalue weighted by atomic mass is 32.1. The zero-order valence-electron chi connectivity index (χ0n) is 15.1. The van der Waals surface area contributed by atoms with Crippen LogP contribution >= 0.6 is 11.3 Å². The van der Waals surface area contributed by atoms with Crippen molar-refractivity contribution in [2.45, 2.75) is 31.2 Å². The average Bonchev–Trinajstić information content (AvgIpc) is 3.10. The van der Waals surface area contributed by atoms with Crippen LogP contribution in [0.4, 0.5) is 9.93 Å². The van der Waals surface area contributed by atoms with Gasteiger partial charge in [0.25, 0.3) is 0 Å². The molecule has 2 fully saturated rings. The molecule has 1 unspecified atom stereocenters. The third-order valence-electron chi connectivity index (χ3n) is 5.09. The number of rotatable bonds is 6. The molecule has 0 aromatic carbocycles. The quantitative estimate of drug-likeness (QED) is 0.789. The van der Waals surface area contributed by atoms with E-state index in [1.165, 1.54) is 30.6 Å². The van der Waals surface area contributed by atoms with Crippen molar-refractivity contribution in [2.24, 2.45) is 0 Å². The zero-order valence-corrected chi connectivity index (χ0v) is 16.0. The third-order valence-corrected chi connectivity index (χ3v) is 6.09. The van der Waals surface area contributed by atoms with Crippen molar-refractivity contribution in [1.82, 2.24) is 25.4 Å². The first-order valence-corrected chi connectivity index (χ1v) is 10.2. The molecule has 1 saturated carbocycles. The smallest absolute Gasteiger partial charge is 0.321 e. The van der Waals surface area contributed by atoms with Crippen LogP contribution in [0.25, 0.3) is 0 Å². The Labute approximate surface area is 162 Å². The Bertz CT molecular complexity index is 745. The molecular weight excluding hydrogens is 364 g/mol. The van der Waals surface area contributed by atoms with Crippen molar-refractivity contribution in [3.8, 4) is 0 Å². The van der Waals surface area contributed by atoms with E-state index in [2.05, 4.69) is 30.7 Å². The molecule has 1 saturated heterocycles. The van der Waals surface area contributed by atoms with E-state index in [-0.39, 0.29) is 12.1 Å². The highest BCUT2D eigenvalue weighted by molar-refractivity contribution is 7.15. The summed E-state index contributed by atoms with van der Waals surface area (Å²) in [5.41, 5.74) is 0.947. The van der Waals surface area contributed by atoms with E-state index < -0.39 is 0 Å². The topological polar surface area (TPSA) is 92.3 Å². The summed E-state index contributed by atoms with van der Waals surface area (Å²) >= 11 is 1.47. The summed E-state index contributed by atoms with van der Waals surface area (Å²) in [5, 5.41) is 15.6. The normalized spacial score (nSPS) is 19.3. The van der Waals surface area contributed by atoms with Gasteiger partial charge in [-0.1, -0.05) is 23.8 Å². The molecule has 4 rings (SSSR count). The fourth-order valence-corrected chi connectivity index (χ4v) is 4.23. The fourth-order valence-electron chi connectivity index (χ4n) is 3.32. The van der Waals surface area contributed by atoms with E-state index in [0.29, 0.717) is 30.8 Å². The Kier molecular flexibility index (Phi) is 5.90. The van der Waals surface area contributed by atoms with Crippen molar-refractivity contribution >= 4 is 22.5 Å². The number of amides is 2. The molecule has 2 aliphatic rings. The summed E-state index contributed by atoms with van der Waals surface area (Å²) in [5.74, 6) is 0.524. The maximum absolute atomic E-state index is 12.3. The van der Waals surface area contributed by atoms with Crippen LogP contribution < -0.4 is 10.6 Å². The van der Waals surface area contributed by atoms with Gasteiger partial charge >= 0.3 is 6.03 Å². The number of urea groups is 1. The number of hydrogen-bond acceptors (Lipinski definition) is 7. The second-order valence-corrected chi connectivity index (χ2v) is 7.84. The minimum Gasteiger partial charge on any atom is -0.379 e. The van der Waals surface area contributed by atoms with Crippen LogP contribution in [0.1, 0.15) is 41.9 Å². The lowest BCUT2D eigenvalue weighted by atomic mass is 9.86. The number of morpholine rings is 1. The third kappa shape index (κ3) is 4.60. The lowest BCUT2D eigenvalue weighted by Gasteiger charge is -2.34. The van der Waals surface area contributed by atoms with E-state index >= 15 is 0 Å². The van der Waals surface area contributed by atoms with Crippen LogP contribution in [0.15, 0.2) is 24.4 Å². The highest BCUT2D eigenvalue weighted by Gasteiger charge is 2.25. The molecule has 1 aliphatic heterocycles. The molecule has 1 aliphatic carbocycles. The number of pyridine rings is 1. The largest absolute Gasteiger partial charge is 0.379 e. The predicted molar refractivity (Wildman–Crippen MR) is 103 cm³/mol. The van der Waals surface area contributed by atoms with Gasteiger partial charge in [0.1, 0.15) is 5.01 Å². The maximum Gasteiger partial charge on any atom is 0.321 e. The minimum absolute atomic E-state index is 0.0146. The van der Waals surface area contributed by atoms with Gasteiger partial charge in [0, 0.05) is 31.7 Å². The Morgan fingerprint density at radius 1 is 1.30 bits per heavy atom. The first-order valence-electron chi connectivity index (χ1n) is 9.40. The van der Waals surface area contributed by atoms with E-state index in [1.807, 2.05) is 18.2 Å². The summed E-state index contributed by atoms with van der Waals surface area (Å²) in [4.78, 5) is 19.1. The molecule has 9 heteroatoms. The van der Waals surface area contributed by atoms with Crippen molar-refractivity contribution in [3.63, 3.8) is 0 Å². The average molecular weight is 388 g/mol. The van der Waals surface area contributed by atoms with Crippen molar-refractivity contribution in [3.05, 3.63) is 35.1 Å². The number of anilines is 1. The van der Waals surface area contributed by atoms with Crippen molar-refractivity contribution < 1.29 is 9.53 Å². The maximum atomic E-state index is 12.3. The number of nitrogens with one attached hydrogen (secondary N) is 2. The Balaban J connectivity index is 1.35. The molecule has 2 amide bonds. The number of carbonyl (C=O) groups is 1. The van der Waals surface area contributed by atoms with Crippen molar-refractivity contribution in [2.75, 3.05) is 38.2 Å². The van der Waals surface area contributed by atoms with Gasteiger partial charge in [-0.05, 0) is 25.0 Å². The lowest BCUT2D eigenvalue weighted by Crippen LogP contribution is -2.44. The van der Waals surface area contributed by atoms with Crippen LogP contribution in [0.3, 0.4) is 0 Å². The van der Waals surface area contributed by atoms with Crippen LogP contribution in [-0.4, -0.2) is 59.0 Å². The number of hydrogen-bond donors (Lipinski definition) is 2. The van der Waals surface area contributed by atoms with Gasteiger partial charge in [-0.15, -0.1) is 10.2 Å². The van der Waals surface area contributed by atoms with Gasteiger partial charge in [0.2, 0.25) is 5.13 Å². The molecule has 27 heavy (non-hydrogen) atoms. The molecule has 0 bridgehead atoms. The molecule has 1 atom stereocenters. The zero-order chi connectivity index (χ0) is 18.5. The Hall–Kier alpha value is -2.10. The number of ether oxygens (including phenoxy) is 1. The molecule has 2 N–H and O–H groups in total. The van der Waals surface area contributed by atoms with E-state index in [0.717, 1.165) is 23.8 Å². The predicted octanol–water partition coefficient (Wildman–Crippen LogP) is 2.40. The number of aromatic nitrogens is 3. The van der Waals surface area contributed by atoms with Gasteiger partial charge in [-0.3, -0.25) is 15.2 Å². The Morgan fingerprint density at radius 3 is 2.85 bits per heavy atom. The van der Waals surface area contributed by atoms with Gasteiger partial charge in [0.05, 0.1) is 24.9 Å². The molecule has 8 nitrogen and oxygen atoms in total. The van der Waals surface area contributed by atoms with Crippen LogP contribution in [-0.2, 0) is 4.74 Å². The second kappa shape index (κ2) is 8.73. The first kappa shape index (κ1) is 18.3. The summed E-state index contributed by atoms with van der Waals surface area (Å²) in [6.45, 7) is 3.52. The Morgan fingerprint density at radius 2 is 2.15 bits per heavy atom. The molecule has 3 heterocycles. The first-order chi connectivity index (χ1) is 13.3. The fraction of sp³-hybridized carbons (Fsp3) is 0.556. The molecule has 2 aromatic rings. The van der Waals surface area contributed by atoms with Gasteiger partial charge in [0.15, 0.2) is 0 Å². The monoisotopic (exact) mass is 388 g/mol. The number of carbonyl (C=O) groups excluding carboxylic acids is 1. The van der Waals surface area contributed by atoms with Crippen LogP contribution in [0.5, 0.6) is 0 Å². The van der Waals surface area contributed by atoms with Crippen molar-refractivity contribution in [1.29, 1.82) is 0 Å². The number of nitrogens with zero attached hydrogens (tertiary/aromatic N) is 4. The highest BCUT2D eigenvalue weighted by Crippen LogP contribution is 2.38. The van der Waals surface area contributed by atoms with Gasteiger partial charge in [-0.25, -0.2) is 4.79 Å². The summed E-state index contributed by atoms with van der Waals surface area (Å²) in [7, 11) is 0. The van der Waals surface area contributed by atoms with Crippen LogP contribution in [0, 0.1) is 0 Å². The second-order valence-electron chi connectivity index (χ2n) is 6.83. The minimum atomic E-state index is -0.263. The van der Waals surface area contributed by atoms with Crippen LogP contribution in [0.2, 0.25) is 0 Å². The summed E-state index contributed by atoms with van der Waals surface area (Å²) < 4.78 is 5.45. The molecule has 2 aromatic heterocycles. The lowest BCUT2D eigenvalue weighted by molar-refractivity contribution is 0.0159. The van der Waals surface area contributed by atoms with E-state index in [1.54, 1.807) is 6.20 Å². The summed E-state index contributed by atoms with van der Waals surface area (Å²) in [6, 6.07) is 5.62. The molecule has 0 radical (unpaired) electrons. The SMILES string of the molecule is O=C(NCC(c1ccccn1)N1CCOCC1)Nc1nnc(C2CCC2)s1. The van der Waals surface area contributed by atoms with Gasteiger partial charge in [-0.2, -0.15) is 0 Å². The molecule has 144 valence electrons. The summed E-state index contributed by atoms with van der Waals surface area (Å²) in [6.07, 6.45) is 5.38.